The van der Waals surface area contributed by atoms with Crippen LogP contribution in [0.3, 0.4) is 0 Å². The maximum Gasteiger partial charge on any atom is 0.358 e. The summed E-state index contributed by atoms with van der Waals surface area (Å²) in [4.78, 5) is 10.7. The second kappa shape index (κ2) is 4.97. The van der Waals surface area contributed by atoms with Gasteiger partial charge in [-0.2, -0.15) is 0 Å². The van der Waals surface area contributed by atoms with Crippen molar-refractivity contribution in [1.29, 1.82) is 0 Å². The molecule has 0 unspecified atom stereocenters. The van der Waals surface area contributed by atoms with E-state index in [2.05, 4.69) is 10.3 Å². The van der Waals surface area contributed by atoms with Gasteiger partial charge in [0.2, 0.25) is 0 Å². The molecule has 6 nitrogen and oxygen atoms in total. The molecule has 0 amide bonds. The van der Waals surface area contributed by atoms with Crippen LogP contribution in [0.5, 0.6) is 0 Å². The molecule has 0 atom stereocenters. The van der Waals surface area contributed by atoms with Crippen LogP contribution in [0.4, 0.5) is 0 Å². The predicted molar refractivity (Wildman–Crippen MR) is 73.9 cm³/mol. The molecule has 0 radical (unpaired) electrons. The number of carbonyl (C=O) groups is 1. The second-order valence-corrected chi connectivity index (χ2v) is 4.82. The van der Waals surface area contributed by atoms with Gasteiger partial charge in [-0.15, -0.1) is 5.10 Å². The van der Waals surface area contributed by atoms with E-state index in [9.17, 15) is 4.79 Å². The van der Waals surface area contributed by atoms with E-state index in [1.165, 1.54) is 10.9 Å². The lowest BCUT2D eigenvalue weighted by atomic mass is 10.2. The molecule has 3 aromatic rings. The Morgan fingerprint density at radius 3 is 2.90 bits per heavy atom. The third kappa shape index (κ3) is 2.37. The molecule has 1 aromatic carbocycles. The third-order valence-electron chi connectivity index (χ3n) is 3.06. The predicted octanol–water partition coefficient (Wildman–Crippen LogP) is 2.28. The SMILES string of the molecule is O=C(O)c1cn(CCn2ccc3ccc(Cl)cc32)nn1. The number of benzene rings is 1. The minimum atomic E-state index is -1.07. The van der Waals surface area contributed by atoms with E-state index in [1.54, 1.807) is 0 Å². The minimum Gasteiger partial charge on any atom is -0.476 e. The van der Waals surface area contributed by atoms with E-state index in [0.29, 0.717) is 18.1 Å². The lowest BCUT2D eigenvalue weighted by Crippen LogP contribution is -2.07. The Labute approximate surface area is 119 Å². The fourth-order valence-electron chi connectivity index (χ4n) is 2.07. The van der Waals surface area contributed by atoms with Crippen LogP contribution in [0.2, 0.25) is 5.02 Å². The Morgan fingerprint density at radius 1 is 1.30 bits per heavy atom. The van der Waals surface area contributed by atoms with Gasteiger partial charge in [-0.05, 0) is 23.6 Å². The summed E-state index contributed by atoms with van der Waals surface area (Å²) in [6.07, 6.45) is 3.39. The summed E-state index contributed by atoms with van der Waals surface area (Å²) < 4.78 is 3.56. The number of halogens is 1. The first kappa shape index (κ1) is 12.7. The first-order valence-corrected chi connectivity index (χ1v) is 6.39. The quantitative estimate of drug-likeness (QED) is 0.800. The van der Waals surface area contributed by atoms with Crippen LogP contribution in [0, 0.1) is 0 Å². The Kier molecular flexibility index (Phi) is 3.15. The largest absolute Gasteiger partial charge is 0.476 e. The van der Waals surface area contributed by atoms with Gasteiger partial charge in [-0.25, -0.2) is 9.48 Å². The molecule has 0 aliphatic carbocycles. The van der Waals surface area contributed by atoms with Gasteiger partial charge in [0, 0.05) is 23.3 Å². The summed E-state index contributed by atoms with van der Waals surface area (Å²) in [5.41, 5.74) is 0.987. The first-order chi connectivity index (χ1) is 9.63. The standard InChI is InChI=1S/C13H11ClN4O2/c14-10-2-1-9-3-4-17(12(9)7-10)5-6-18-8-11(13(19)20)15-16-18/h1-4,7-8H,5-6H2,(H,19,20). The number of hydrogen-bond donors (Lipinski definition) is 1. The van der Waals surface area contributed by atoms with Gasteiger partial charge in [0.15, 0.2) is 5.69 Å². The molecule has 0 saturated carbocycles. The van der Waals surface area contributed by atoms with E-state index in [4.69, 9.17) is 16.7 Å². The molecule has 0 fully saturated rings. The maximum absolute atomic E-state index is 10.7. The number of aryl methyl sites for hydroxylation is 2. The number of carboxylic acids is 1. The van der Waals surface area contributed by atoms with Gasteiger partial charge < -0.3 is 9.67 Å². The Balaban J connectivity index is 1.79. The molecule has 2 heterocycles. The van der Waals surface area contributed by atoms with Crippen LogP contribution in [-0.4, -0.2) is 30.6 Å². The molecular formula is C13H11ClN4O2. The third-order valence-corrected chi connectivity index (χ3v) is 3.30. The molecule has 1 N–H and O–H groups in total. The lowest BCUT2D eigenvalue weighted by Gasteiger charge is -2.05. The van der Waals surface area contributed by atoms with E-state index in [0.717, 1.165) is 10.9 Å². The number of nitrogens with zero attached hydrogens (tertiary/aromatic N) is 4. The van der Waals surface area contributed by atoms with Gasteiger partial charge in [-0.1, -0.05) is 22.9 Å². The van der Waals surface area contributed by atoms with E-state index in [-0.39, 0.29) is 5.69 Å². The van der Waals surface area contributed by atoms with E-state index >= 15 is 0 Å². The average Bonchev–Trinajstić information content (AvgIpc) is 3.02. The molecule has 0 spiro atoms. The molecule has 0 aliphatic heterocycles. The van der Waals surface area contributed by atoms with Crippen molar-refractivity contribution in [1.82, 2.24) is 19.6 Å². The molecule has 0 saturated heterocycles. The molecule has 0 bridgehead atoms. The van der Waals surface area contributed by atoms with Crippen LogP contribution in [0.25, 0.3) is 10.9 Å². The molecular weight excluding hydrogens is 280 g/mol. The van der Waals surface area contributed by atoms with Crippen molar-refractivity contribution >= 4 is 28.5 Å². The second-order valence-electron chi connectivity index (χ2n) is 4.38. The molecule has 7 heteroatoms. The van der Waals surface area contributed by atoms with Crippen LogP contribution < -0.4 is 0 Å². The van der Waals surface area contributed by atoms with Crippen molar-refractivity contribution in [2.45, 2.75) is 13.1 Å². The highest BCUT2D eigenvalue weighted by Crippen LogP contribution is 2.20. The molecule has 20 heavy (non-hydrogen) atoms. The summed E-state index contributed by atoms with van der Waals surface area (Å²) in [5, 5.41) is 17.9. The zero-order valence-electron chi connectivity index (χ0n) is 10.4. The number of rotatable bonds is 4. The van der Waals surface area contributed by atoms with Crippen LogP contribution in [0.1, 0.15) is 10.5 Å². The van der Waals surface area contributed by atoms with E-state index < -0.39 is 5.97 Å². The normalized spacial score (nSPS) is 11.1. The van der Waals surface area contributed by atoms with Crippen molar-refractivity contribution in [3.63, 3.8) is 0 Å². The maximum atomic E-state index is 10.7. The van der Waals surface area contributed by atoms with E-state index in [1.807, 2.05) is 35.0 Å². The Morgan fingerprint density at radius 2 is 2.15 bits per heavy atom. The van der Waals surface area contributed by atoms with Crippen LogP contribution in [-0.2, 0) is 13.1 Å². The highest BCUT2D eigenvalue weighted by atomic mass is 35.5. The van der Waals surface area contributed by atoms with Crippen molar-refractivity contribution < 1.29 is 9.90 Å². The monoisotopic (exact) mass is 290 g/mol. The van der Waals surface area contributed by atoms with Gasteiger partial charge in [-0.3, -0.25) is 0 Å². The van der Waals surface area contributed by atoms with Crippen molar-refractivity contribution in [3.8, 4) is 0 Å². The van der Waals surface area contributed by atoms with Gasteiger partial charge in [0.25, 0.3) is 0 Å². The molecule has 3 rings (SSSR count). The van der Waals surface area contributed by atoms with Gasteiger partial charge in [0.05, 0.1) is 12.7 Å². The Hall–Kier alpha value is -2.34. The van der Waals surface area contributed by atoms with Crippen molar-refractivity contribution in [3.05, 3.63) is 47.4 Å². The highest BCUT2D eigenvalue weighted by Gasteiger charge is 2.08. The lowest BCUT2D eigenvalue weighted by molar-refractivity contribution is 0.0690. The number of carboxylic acid groups (broad SMARTS) is 1. The summed E-state index contributed by atoms with van der Waals surface area (Å²) in [5.74, 6) is -1.07. The van der Waals surface area contributed by atoms with Gasteiger partial charge >= 0.3 is 5.97 Å². The fourth-order valence-corrected chi connectivity index (χ4v) is 2.23. The number of hydrogen-bond acceptors (Lipinski definition) is 3. The van der Waals surface area contributed by atoms with Crippen molar-refractivity contribution in [2.24, 2.45) is 0 Å². The topological polar surface area (TPSA) is 72.9 Å². The minimum absolute atomic E-state index is 0.0505. The summed E-state index contributed by atoms with van der Waals surface area (Å²) in [7, 11) is 0. The molecule has 2 aromatic heterocycles. The van der Waals surface area contributed by atoms with Crippen LogP contribution in [0.15, 0.2) is 36.7 Å². The first-order valence-electron chi connectivity index (χ1n) is 6.01. The Bertz CT molecular complexity index is 778. The van der Waals surface area contributed by atoms with Gasteiger partial charge in [0.1, 0.15) is 0 Å². The number of aromatic carboxylic acids is 1. The smallest absolute Gasteiger partial charge is 0.358 e. The fraction of sp³-hybridized carbons (Fsp3) is 0.154. The number of aromatic nitrogens is 4. The molecule has 0 aliphatic rings. The summed E-state index contributed by atoms with van der Waals surface area (Å²) >= 11 is 6.00. The average molecular weight is 291 g/mol. The van der Waals surface area contributed by atoms with Crippen LogP contribution >= 0.6 is 11.6 Å². The zero-order chi connectivity index (χ0) is 14.1. The summed E-state index contributed by atoms with van der Waals surface area (Å²) in [6, 6.07) is 7.73. The zero-order valence-corrected chi connectivity index (χ0v) is 11.2. The van der Waals surface area contributed by atoms with Crippen molar-refractivity contribution in [2.75, 3.05) is 0 Å². The molecule has 102 valence electrons. The highest BCUT2D eigenvalue weighted by molar-refractivity contribution is 6.31. The summed E-state index contributed by atoms with van der Waals surface area (Å²) in [6.45, 7) is 1.20. The number of fused-ring (bicyclic) bond motifs is 1.